The summed E-state index contributed by atoms with van der Waals surface area (Å²) in [6, 6.07) is 17.8. The summed E-state index contributed by atoms with van der Waals surface area (Å²) in [7, 11) is 0. The van der Waals surface area contributed by atoms with Crippen LogP contribution in [0.3, 0.4) is 0 Å². The van der Waals surface area contributed by atoms with Gasteiger partial charge in [0.15, 0.2) is 0 Å². The van der Waals surface area contributed by atoms with Crippen LogP contribution in [-0.4, -0.2) is 24.0 Å². The van der Waals surface area contributed by atoms with Crippen molar-refractivity contribution in [2.24, 2.45) is 5.92 Å². The van der Waals surface area contributed by atoms with E-state index in [0.717, 1.165) is 16.7 Å². The van der Waals surface area contributed by atoms with Gasteiger partial charge in [-0.2, -0.15) is 0 Å². The number of amides is 1. The summed E-state index contributed by atoms with van der Waals surface area (Å²) < 4.78 is 0. The minimum Gasteiger partial charge on any atom is -0.348 e. The van der Waals surface area contributed by atoms with E-state index in [2.05, 4.69) is 5.32 Å². The topological polar surface area (TPSA) is 63.2 Å². The Labute approximate surface area is 141 Å². The fourth-order valence-corrected chi connectivity index (χ4v) is 2.46. The lowest BCUT2D eigenvalue weighted by molar-refractivity contribution is -0.134. The number of Topliss-reactive ketones (excluding diaryl/α,β-unsaturated/α-hetero) is 2. The molecule has 0 heterocycles. The number of carbonyl (C=O) groups is 3. The van der Waals surface area contributed by atoms with Crippen LogP contribution in [0.4, 0.5) is 0 Å². The molecule has 0 fully saturated rings. The highest BCUT2D eigenvalue weighted by molar-refractivity contribution is 6.01. The Morgan fingerprint density at radius 2 is 1.46 bits per heavy atom. The molecule has 2 aromatic rings. The zero-order valence-electron chi connectivity index (χ0n) is 13.9. The minimum atomic E-state index is -0.771. The molecule has 0 aromatic heterocycles. The SMILES string of the molecule is CC(=O)CNC(=O)C(Cc1ccc(-c2ccccc2)cc1)C(C)=O. The van der Waals surface area contributed by atoms with Crippen molar-refractivity contribution in [1.82, 2.24) is 5.32 Å². The number of hydrogen-bond acceptors (Lipinski definition) is 3. The summed E-state index contributed by atoms with van der Waals surface area (Å²) in [5.74, 6) is -1.52. The largest absolute Gasteiger partial charge is 0.348 e. The Hall–Kier alpha value is -2.75. The molecule has 0 aliphatic rings. The summed E-state index contributed by atoms with van der Waals surface area (Å²) in [5.41, 5.74) is 3.11. The number of ketones is 2. The fraction of sp³-hybridized carbons (Fsp3) is 0.250. The van der Waals surface area contributed by atoms with E-state index < -0.39 is 11.8 Å². The molecule has 4 heteroatoms. The smallest absolute Gasteiger partial charge is 0.231 e. The Bertz CT molecular complexity index is 720. The van der Waals surface area contributed by atoms with E-state index in [0.29, 0.717) is 6.42 Å². The standard InChI is InChI=1S/C20H21NO3/c1-14(22)13-21-20(24)19(15(2)23)12-16-8-10-18(11-9-16)17-6-4-3-5-7-17/h3-11,19H,12-13H2,1-2H3,(H,21,24). The maximum Gasteiger partial charge on any atom is 0.231 e. The van der Waals surface area contributed by atoms with Crippen molar-refractivity contribution in [1.29, 1.82) is 0 Å². The highest BCUT2D eigenvalue weighted by Gasteiger charge is 2.23. The molecule has 4 nitrogen and oxygen atoms in total. The molecular formula is C20H21NO3. The Kier molecular flexibility index (Phi) is 6.01. The Morgan fingerprint density at radius 3 is 2.00 bits per heavy atom. The van der Waals surface area contributed by atoms with Crippen LogP contribution < -0.4 is 5.32 Å². The molecule has 1 N–H and O–H groups in total. The second kappa shape index (κ2) is 8.20. The van der Waals surface area contributed by atoms with Crippen molar-refractivity contribution >= 4 is 17.5 Å². The second-order valence-corrected chi connectivity index (χ2v) is 5.85. The molecule has 0 radical (unpaired) electrons. The molecule has 2 aromatic carbocycles. The third-order valence-electron chi connectivity index (χ3n) is 3.82. The predicted molar refractivity (Wildman–Crippen MR) is 93.4 cm³/mol. The molecule has 2 rings (SSSR count). The van der Waals surface area contributed by atoms with Crippen LogP contribution in [0.25, 0.3) is 11.1 Å². The van der Waals surface area contributed by atoms with Crippen molar-refractivity contribution in [2.75, 3.05) is 6.54 Å². The molecule has 124 valence electrons. The molecule has 0 saturated carbocycles. The van der Waals surface area contributed by atoms with Gasteiger partial charge >= 0.3 is 0 Å². The van der Waals surface area contributed by atoms with Crippen molar-refractivity contribution in [3.05, 3.63) is 60.2 Å². The highest BCUT2D eigenvalue weighted by atomic mass is 16.2. The zero-order valence-corrected chi connectivity index (χ0v) is 13.9. The van der Waals surface area contributed by atoms with E-state index in [1.807, 2.05) is 54.6 Å². The van der Waals surface area contributed by atoms with Crippen LogP contribution in [0, 0.1) is 5.92 Å². The zero-order chi connectivity index (χ0) is 17.5. The molecule has 24 heavy (non-hydrogen) atoms. The van der Waals surface area contributed by atoms with Crippen LogP contribution in [0.1, 0.15) is 19.4 Å². The number of hydrogen-bond donors (Lipinski definition) is 1. The van der Waals surface area contributed by atoms with E-state index in [4.69, 9.17) is 0 Å². The van der Waals surface area contributed by atoms with Gasteiger partial charge in [0.2, 0.25) is 5.91 Å². The van der Waals surface area contributed by atoms with Crippen LogP contribution in [0.5, 0.6) is 0 Å². The lowest BCUT2D eigenvalue weighted by atomic mass is 9.93. The molecule has 0 saturated heterocycles. The predicted octanol–water partition coefficient (Wildman–Crippen LogP) is 2.81. The van der Waals surface area contributed by atoms with Crippen molar-refractivity contribution in [3.8, 4) is 11.1 Å². The van der Waals surface area contributed by atoms with Crippen molar-refractivity contribution < 1.29 is 14.4 Å². The third-order valence-corrected chi connectivity index (χ3v) is 3.82. The molecule has 1 unspecified atom stereocenters. The first-order chi connectivity index (χ1) is 11.5. The van der Waals surface area contributed by atoms with Gasteiger partial charge < -0.3 is 5.32 Å². The second-order valence-electron chi connectivity index (χ2n) is 5.85. The Balaban J connectivity index is 2.08. The molecule has 1 atom stereocenters. The maximum atomic E-state index is 12.1. The van der Waals surface area contributed by atoms with Gasteiger partial charge in [-0.15, -0.1) is 0 Å². The number of carbonyl (C=O) groups excluding carboxylic acids is 3. The van der Waals surface area contributed by atoms with Gasteiger partial charge in [-0.25, -0.2) is 0 Å². The molecule has 1 amide bonds. The summed E-state index contributed by atoms with van der Waals surface area (Å²) in [5, 5.41) is 2.51. The molecule has 0 aliphatic carbocycles. The van der Waals surface area contributed by atoms with Crippen molar-refractivity contribution in [3.63, 3.8) is 0 Å². The van der Waals surface area contributed by atoms with Crippen molar-refractivity contribution in [2.45, 2.75) is 20.3 Å². The molecular weight excluding hydrogens is 302 g/mol. The number of benzene rings is 2. The van der Waals surface area contributed by atoms with Gasteiger partial charge in [-0.1, -0.05) is 54.6 Å². The van der Waals surface area contributed by atoms with Crippen LogP contribution in [0.15, 0.2) is 54.6 Å². The normalized spacial score (nSPS) is 11.6. The van der Waals surface area contributed by atoms with Gasteiger partial charge in [-0.3, -0.25) is 14.4 Å². The molecule has 0 aliphatic heterocycles. The van der Waals surface area contributed by atoms with Gasteiger partial charge in [0.05, 0.1) is 6.54 Å². The van der Waals surface area contributed by atoms with Gasteiger partial charge in [-0.05, 0) is 37.0 Å². The van der Waals surface area contributed by atoms with E-state index in [1.165, 1.54) is 13.8 Å². The Morgan fingerprint density at radius 1 is 0.875 bits per heavy atom. The van der Waals surface area contributed by atoms with Gasteiger partial charge in [0.25, 0.3) is 0 Å². The molecule has 0 bridgehead atoms. The molecule has 0 spiro atoms. The quantitative estimate of drug-likeness (QED) is 0.797. The highest BCUT2D eigenvalue weighted by Crippen LogP contribution is 2.20. The van der Waals surface area contributed by atoms with Crippen LogP contribution in [0.2, 0.25) is 0 Å². The van der Waals surface area contributed by atoms with Gasteiger partial charge in [0, 0.05) is 0 Å². The van der Waals surface area contributed by atoms with Crippen LogP contribution >= 0.6 is 0 Å². The van der Waals surface area contributed by atoms with Gasteiger partial charge in [0.1, 0.15) is 17.5 Å². The average Bonchev–Trinajstić information content (AvgIpc) is 2.58. The first-order valence-electron chi connectivity index (χ1n) is 7.89. The summed E-state index contributed by atoms with van der Waals surface area (Å²) in [4.78, 5) is 34.8. The first kappa shape index (κ1) is 17.6. The van der Waals surface area contributed by atoms with Crippen LogP contribution in [-0.2, 0) is 20.8 Å². The third kappa shape index (κ3) is 4.88. The van der Waals surface area contributed by atoms with E-state index >= 15 is 0 Å². The van der Waals surface area contributed by atoms with E-state index in [1.54, 1.807) is 0 Å². The van der Waals surface area contributed by atoms with E-state index in [-0.39, 0.29) is 18.1 Å². The summed E-state index contributed by atoms with van der Waals surface area (Å²) in [6.45, 7) is 2.75. The maximum absolute atomic E-state index is 12.1. The van der Waals surface area contributed by atoms with E-state index in [9.17, 15) is 14.4 Å². The average molecular weight is 323 g/mol. The number of rotatable bonds is 7. The monoisotopic (exact) mass is 323 g/mol. The fourth-order valence-electron chi connectivity index (χ4n) is 2.46. The first-order valence-corrected chi connectivity index (χ1v) is 7.89. The lowest BCUT2D eigenvalue weighted by Crippen LogP contribution is -2.38. The summed E-state index contributed by atoms with van der Waals surface area (Å²) in [6.07, 6.45) is 0.328. The summed E-state index contributed by atoms with van der Waals surface area (Å²) >= 11 is 0. The number of nitrogens with one attached hydrogen (secondary N) is 1. The minimum absolute atomic E-state index is 0.0461. The lowest BCUT2D eigenvalue weighted by Gasteiger charge is -2.14.